The minimum atomic E-state index is -0.413. The summed E-state index contributed by atoms with van der Waals surface area (Å²) in [6.45, 7) is 5.38. The van der Waals surface area contributed by atoms with Gasteiger partial charge in [-0.2, -0.15) is 0 Å². The third kappa shape index (κ3) is 5.26. The van der Waals surface area contributed by atoms with E-state index in [9.17, 15) is 14.4 Å². The average molecular weight is 377 g/mol. The van der Waals surface area contributed by atoms with Crippen LogP contribution in [-0.4, -0.2) is 36.3 Å². The van der Waals surface area contributed by atoms with E-state index in [0.717, 1.165) is 10.6 Å². The van der Waals surface area contributed by atoms with Gasteiger partial charge >= 0.3 is 12.0 Å². The topological polar surface area (TPSA) is 96.5 Å². The van der Waals surface area contributed by atoms with Crippen molar-refractivity contribution in [2.24, 2.45) is 0 Å². The smallest absolute Gasteiger partial charge is 0.337 e. The molecule has 3 amide bonds. The van der Waals surface area contributed by atoms with Crippen LogP contribution in [0, 0.1) is 0 Å². The van der Waals surface area contributed by atoms with Gasteiger partial charge in [-0.25, -0.2) is 9.59 Å². The van der Waals surface area contributed by atoms with Gasteiger partial charge in [0.05, 0.1) is 18.2 Å². The van der Waals surface area contributed by atoms with Gasteiger partial charge in [-0.05, 0) is 37.6 Å². The van der Waals surface area contributed by atoms with Crippen molar-refractivity contribution in [2.75, 3.05) is 17.7 Å². The third-order valence-corrected chi connectivity index (χ3v) is 4.74. The van der Waals surface area contributed by atoms with Crippen molar-refractivity contribution in [3.05, 3.63) is 35.5 Å². The van der Waals surface area contributed by atoms with E-state index in [-0.39, 0.29) is 24.6 Å². The van der Waals surface area contributed by atoms with Crippen LogP contribution >= 0.6 is 11.8 Å². The number of carbonyl (C=O) groups excluding carboxylic acids is 3. The summed E-state index contributed by atoms with van der Waals surface area (Å²) in [6.07, 6.45) is 0.598. The SMILES string of the molecule is CCOC(=O)C1=C(CSc2ccc(NC(C)=O)cc2)NC(=O)N[C@H]1CC. The molecule has 0 bridgehead atoms. The molecule has 0 saturated carbocycles. The van der Waals surface area contributed by atoms with Crippen molar-refractivity contribution < 1.29 is 19.1 Å². The van der Waals surface area contributed by atoms with E-state index >= 15 is 0 Å². The summed E-state index contributed by atoms with van der Waals surface area (Å²) in [6, 6.07) is 6.68. The van der Waals surface area contributed by atoms with Gasteiger partial charge < -0.3 is 20.7 Å². The van der Waals surface area contributed by atoms with Crippen LogP contribution < -0.4 is 16.0 Å². The Morgan fingerprint density at radius 3 is 2.50 bits per heavy atom. The standard InChI is InChI=1S/C18H23N3O4S/c1-4-14-16(17(23)25-5-2)15(21-18(24)20-14)10-26-13-8-6-12(7-9-13)19-11(3)22/h6-9,14H,4-5,10H2,1-3H3,(H,19,22)(H2,20,21,24)/t14-/m0/s1. The second-order valence-corrected chi connectivity index (χ2v) is 6.71. The van der Waals surface area contributed by atoms with E-state index in [1.54, 1.807) is 19.1 Å². The molecule has 1 aromatic rings. The lowest BCUT2D eigenvalue weighted by molar-refractivity contribution is -0.139. The first kappa shape index (κ1) is 19.8. The number of amides is 3. The van der Waals surface area contributed by atoms with Crippen molar-refractivity contribution in [1.82, 2.24) is 10.6 Å². The lowest BCUT2D eigenvalue weighted by Crippen LogP contribution is -2.50. The Bertz CT molecular complexity index is 716. The molecule has 1 atom stereocenters. The molecule has 1 aliphatic rings. The van der Waals surface area contributed by atoms with Crippen LogP contribution in [0.25, 0.3) is 0 Å². The van der Waals surface area contributed by atoms with Crippen LogP contribution in [0.3, 0.4) is 0 Å². The summed E-state index contributed by atoms with van der Waals surface area (Å²) in [7, 11) is 0. The highest BCUT2D eigenvalue weighted by Crippen LogP contribution is 2.25. The second-order valence-electron chi connectivity index (χ2n) is 5.67. The number of rotatable bonds is 7. The molecule has 7 nitrogen and oxygen atoms in total. The van der Waals surface area contributed by atoms with Gasteiger partial charge in [0, 0.05) is 29.0 Å². The van der Waals surface area contributed by atoms with Crippen LogP contribution in [0.5, 0.6) is 0 Å². The number of benzene rings is 1. The fourth-order valence-electron chi connectivity index (χ4n) is 2.57. The zero-order valence-electron chi connectivity index (χ0n) is 15.0. The first-order chi connectivity index (χ1) is 12.4. The number of urea groups is 1. The number of ether oxygens (including phenoxy) is 1. The van der Waals surface area contributed by atoms with Gasteiger partial charge in [0.25, 0.3) is 0 Å². The molecule has 0 unspecified atom stereocenters. The Labute approximate surface area is 156 Å². The number of esters is 1. The summed E-state index contributed by atoms with van der Waals surface area (Å²) in [5.74, 6) is -0.113. The van der Waals surface area contributed by atoms with Gasteiger partial charge in [0.15, 0.2) is 0 Å². The number of thioether (sulfide) groups is 1. The normalized spacial score (nSPS) is 16.6. The van der Waals surface area contributed by atoms with Crippen molar-refractivity contribution >= 4 is 35.4 Å². The molecule has 0 aromatic heterocycles. The van der Waals surface area contributed by atoms with Crippen molar-refractivity contribution in [1.29, 1.82) is 0 Å². The average Bonchev–Trinajstić information content (AvgIpc) is 2.60. The van der Waals surface area contributed by atoms with Crippen molar-refractivity contribution in [3.63, 3.8) is 0 Å². The van der Waals surface area contributed by atoms with Gasteiger partial charge in [-0.3, -0.25) is 4.79 Å². The first-order valence-electron chi connectivity index (χ1n) is 8.42. The summed E-state index contributed by atoms with van der Waals surface area (Å²) >= 11 is 1.49. The molecule has 0 aliphatic carbocycles. The second kappa shape index (κ2) is 9.28. The van der Waals surface area contributed by atoms with E-state index in [1.165, 1.54) is 18.7 Å². The minimum absolute atomic E-state index is 0.127. The van der Waals surface area contributed by atoms with Crippen LogP contribution in [0.2, 0.25) is 0 Å². The molecule has 1 aromatic carbocycles. The number of nitrogens with one attached hydrogen (secondary N) is 3. The molecule has 26 heavy (non-hydrogen) atoms. The zero-order chi connectivity index (χ0) is 19.1. The van der Waals surface area contributed by atoms with Gasteiger partial charge in [-0.1, -0.05) is 6.92 Å². The lowest BCUT2D eigenvalue weighted by Gasteiger charge is -2.28. The molecule has 1 heterocycles. The molecule has 2 rings (SSSR count). The number of hydrogen-bond acceptors (Lipinski definition) is 5. The maximum Gasteiger partial charge on any atom is 0.337 e. The van der Waals surface area contributed by atoms with E-state index in [2.05, 4.69) is 16.0 Å². The summed E-state index contributed by atoms with van der Waals surface area (Å²) in [5.41, 5.74) is 1.75. The largest absolute Gasteiger partial charge is 0.463 e. The fraction of sp³-hybridized carbons (Fsp3) is 0.389. The van der Waals surface area contributed by atoms with Gasteiger partial charge in [-0.15, -0.1) is 11.8 Å². The number of hydrogen-bond donors (Lipinski definition) is 3. The Hall–Kier alpha value is -2.48. The molecular formula is C18H23N3O4S. The van der Waals surface area contributed by atoms with Crippen LogP contribution in [0.1, 0.15) is 27.2 Å². The predicted molar refractivity (Wildman–Crippen MR) is 101 cm³/mol. The molecule has 0 spiro atoms. The van der Waals surface area contributed by atoms with E-state index in [0.29, 0.717) is 23.4 Å². The van der Waals surface area contributed by atoms with Crippen LogP contribution in [-0.2, 0) is 14.3 Å². The maximum absolute atomic E-state index is 12.3. The highest BCUT2D eigenvalue weighted by molar-refractivity contribution is 7.99. The summed E-state index contributed by atoms with van der Waals surface area (Å²) < 4.78 is 5.15. The molecular weight excluding hydrogens is 354 g/mol. The highest BCUT2D eigenvalue weighted by atomic mass is 32.2. The van der Waals surface area contributed by atoms with E-state index < -0.39 is 5.97 Å². The van der Waals surface area contributed by atoms with E-state index in [1.807, 2.05) is 19.1 Å². The van der Waals surface area contributed by atoms with Crippen LogP contribution in [0.4, 0.5) is 10.5 Å². The van der Waals surface area contributed by atoms with Crippen molar-refractivity contribution in [2.45, 2.75) is 38.1 Å². The molecule has 0 fully saturated rings. The highest BCUT2D eigenvalue weighted by Gasteiger charge is 2.31. The Morgan fingerprint density at radius 1 is 1.23 bits per heavy atom. The summed E-state index contributed by atoms with van der Waals surface area (Å²) in [4.78, 5) is 36.2. The first-order valence-corrected chi connectivity index (χ1v) is 9.41. The lowest BCUT2D eigenvalue weighted by atomic mass is 10.0. The maximum atomic E-state index is 12.3. The van der Waals surface area contributed by atoms with Gasteiger partial charge in [0.2, 0.25) is 5.91 Å². The molecule has 0 radical (unpaired) electrons. The van der Waals surface area contributed by atoms with Crippen molar-refractivity contribution in [3.8, 4) is 0 Å². The Morgan fingerprint density at radius 2 is 1.92 bits per heavy atom. The van der Waals surface area contributed by atoms with Crippen LogP contribution in [0.15, 0.2) is 40.4 Å². The quantitative estimate of drug-likeness (QED) is 0.501. The fourth-order valence-corrected chi connectivity index (χ4v) is 3.44. The monoisotopic (exact) mass is 377 g/mol. The molecule has 0 saturated heterocycles. The number of carbonyl (C=O) groups is 3. The van der Waals surface area contributed by atoms with Gasteiger partial charge in [0.1, 0.15) is 0 Å². The third-order valence-electron chi connectivity index (χ3n) is 3.70. The Kier molecular flexibility index (Phi) is 7.08. The minimum Gasteiger partial charge on any atom is -0.463 e. The molecule has 140 valence electrons. The molecule has 8 heteroatoms. The molecule has 1 aliphatic heterocycles. The zero-order valence-corrected chi connectivity index (χ0v) is 15.9. The van der Waals surface area contributed by atoms with E-state index in [4.69, 9.17) is 4.74 Å². The summed E-state index contributed by atoms with van der Waals surface area (Å²) in [5, 5.41) is 8.19. The predicted octanol–water partition coefficient (Wildman–Crippen LogP) is 2.65. The number of anilines is 1. The molecule has 3 N–H and O–H groups in total. The Balaban J connectivity index is 2.15.